The number of alkyl halides is 3. The van der Waals surface area contributed by atoms with Crippen LogP contribution in [-0.2, 0) is 20.5 Å². The number of nitrogens with zero attached hydrogens (tertiary/aromatic N) is 2. The van der Waals surface area contributed by atoms with E-state index >= 15 is 0 Å². The maximum Gasteiger partial charge on any atom is 0.416 e. The first-order valence-corrected chi connectivity index (χ1v) is 11.0. The lowest BCUT2D eigenvalue weighted by atomic mass is 10.1. The molecule has 0 bridgehead atoms. The molecule has 0 spiro atoms. The highest BCUT2D eigenvalue weighted by molar-refractivity contribution is 5.95. The first-order valence-electron chi connectivity index (χ1n) is 11.0. The first kappa shape index (κ1) is 23.6. The van der Waals surface area contributed by atoms with Crippen LogP contribution in [0.25, 0.3) is 0 Å². The van der Waals surface area contributed by atoms with Crippen molar-refractivity contribution in [2.75, 3.05) is 43.0 Å². The van der Waals surface area contributed by atoms with Crippen molar-refractivity contribution in [3.05, 3.63) is 59.7 Å². The normalized spacial score (nSPS) is 16.2. The molecule has 0 radical (unpaired) electrons. The molecule has 2 aromatic carbocycles. The predicted octanol–water partition coefficient (Wildman–Crippen LogP) is 3.56. The molecular formula is C24H24F3N3O4. The summed E-state index contributed by atoms with van der Waals surface area (Å²) in [6, 6.07) is 11.3. The van der Waals surface area contributed by atoms with Gasteiger partial charge in [-0.05, 0) is 55.3 Å². The standard InChI is InChI=1S/C24H24F3N3O4/c25-24(26,27)18-2-1-3-20(14-18)29-10-12-30(13-11-29)21(31)15-34-23(33)17-6-8-19(9-7-17)28-22(32)16-4-5-16/h1-3,6-9,14,16H,4-5,10-13,15H2,(H,28,32). The molecular weight excluding hydrogens is 451 g/mol. The van der Waals surface area contributed by atoms with Crippen LogP contribution in [0.5, 0.6) is 0 Å². The Labute approximate surface area is 194 Å². The first-order chi connectivity index (χ1) is 16.2. The van der Waals surface area contributed by atoms with Crippen molar-refractivity contribution in [1.29, 1.82) is 0 Å². The summed E-state index contributed by atoms with van der Waals surface area (Å²) in [5, 5.41) is 2.78. The highest BCUT2D eigenvalue weighted by Crippen LogP contribution is 2.32. The molecule has 2 aromatic rings. The third kappa shape index (κ3) is 5.86. The second-order valence-electron chi connectivity index (χ2n) is 8.33. The maximum atomic E-state index is 12.9. The number of carbonyl (C=O) groups is 3. The Kier molecular flexibility index (Phi) is 6.76. The molecule has 1 saturated heterocycles. The van der Waals surface area contributed by atoms with E-state index in [1.807, 2.05) is 0 Å². The number of carbonyl (C=O) groups excluding carboxylic acids is 3. The second-order valence-corrected chi connectivity index (χ2v) is 8.33. The predicted molar refractivity (Wildman–Crippen MR) is 118 cm³/mol. The van der Waals surface area contributed by atoms with E-state index < -0.39 is 24.3 Å². The van der Waals surface area contributed by atoms with Gasteiger partial charge in [0.2, 0.25) is 5.91 Å². The van der Waals surface area contributed by atoms with Crippen LogP contribution in [0.2, 0.25) is 0 Å². The fourth-order valence-electron chi connectivity index (χ4n) is 3.67. The van der Waals surface area contributed by atoms with Gasteiger partial charge >= 0.3 is 12.1 Å². The minimum Gasteiger partial charge on any atom is -0.452 e. The molecule has 7 nitrogen and oxygen atoms in total. The Morgan fingerprint density at radius 1 is 0.971 bits per heavy atom. The van der Waals surface area contributed by atoms with Crippen LogP contribution >= 0.6 is 0 Å². The summed E-state index contributed by atoms with van der Waals surface area (Å²) in [5.41, 5.74) is 0.577. The lowest BCUT2D eigenvalue weighted by Gasteiger charge is -2.36. The number of nitrogens with one attached hydrogen (secondary N) is 1. The van der Waals surface area contributed by atoms with Gasteiger partial charge in [0, 0.05) is 43.5 Å². The van der Waals surface area contributed by atoms with Crippen LogP contribution < -0.4 is 10.2 Å². The van der Waals surface area contributed by atoms with Crippen LogP contribution in [0.4, 0.5) is 24.5 Å². The molecule has 2 fully saturated rings. The van der Waals surface area contributed by atoms with E-state index in [0.29, 0.717) is 37.6 Å². The molecule has 1 heterocycles. The van der Waals surface area contributed by atoms with Gasteiger partial charge in [-0.15, -0.1) is 0 Å². The van der Waals surface area contributed by atoms with E-state index in [1.165, 1.54) is 23.1 Å². The number of anilines is 2. The molecule has 2 amide bonds. The Hall–Kier alpha value is -3.56. The fourth-order valence-corrected chi connectivity index (χ4v) is 3.67. The number of halogens is 3. The van der Waals surface area contributed by atoms with Gasteiger partial charge in [-0.1, -0.05) is 6.07 Å². The van der Waals surface area contributed by atoms with Crippen LogP contribution in [0.1, 0.15) is 28.8 Å². The quantitative estimate of drug-likeness (QED) is 0.647. The molecule has 1 aliphatic carbocycles. The fraction of sp³-hybridized carbons (Fsp3) is 0.375. The van der Waals surface area contributed by atoms with E-state index in [1.54, 1.807) is 23.1 Å². The minimum absolute atomic E-state index is 0.0333. The summed E-state index contributed by atoms with van der Waals surface area (Å²) in [7, 11) is 0. The third-order valence-electron chi connectivity index (χ3n) is 5.83. The highest BCUT2D eigenvalue weighted by Gasteiger charge is 2.31. The van der Waals surface area contributed by atoms with Crippen molar-refractivity contribution >= 4 is 29.2 Å². The number of benzene rings is 2. The van der Waals surface area contributed by atoms with Crippen molar-refractivity contribution in [2.24, 2.45) is 5.92 Å². The molecule has 0 atom stereocenters. The smallest absolute Gasteiger partial charge is 0.416 e. The lowest BCUT2D eigenvalue weighted by molar-refractivity contribution is -0.137. The van der Waals surface area contributed by atoms with Crippen molar-refractivity contribution in [1.82, 2.24) is 4.90 Å². The summed E-state index contributed by atoms with van der Waals surface area (Å²) in [6.45, 7) is 0.927. The number of ether oxygens (including phenoxy) is 1. The van der Waals surface area contributed by atoms with Gasteiger partial charge in [-0.3, -0.25) is 9.59 Å². The summed E-state index contributed by atoms with van der Waals surface area (Å²) in [5.74, 6) is -0.988. The van der Waals surface area contributed by atoms with Gasteiger partial charge < -0.3 is 19.9 Å². The Balaban J connectivity index is 1.23. The summed E-state index contributed by atoms with van der Waals surface area (Å²) < 4.78 is 44.0. The highest BCUT2D eigenvalue weighted by atomic mass is 19.4. The van der Waals surface area contributed by atoms with Crippen LogP contribution in [-0.4, -0.2) is 55.5 Å². The third-order valence-corrected chi connectivity index (χ3v) is 5.83. The molecule has 2 aliphatic rings. The van der Waals surface area contributed by atoms with Crippen molar-refractivity contribution in [2.45, 2.75) is 19.0 Å². The number of piperazine rings is 1. The maximum absolute atomic E-state index is 12.9. The minimum atomic E-state index is -4.41. The van der Waals surface area contributed by atoms with Crippen molar-refractivity contribution in [3.63, 3.8) is 0 Å². The van der Waals surface area contributed by atoms with E-state index in [2.05, 4.69) is 5.32 Å². The monoisotopic (exact) mass is 475 g/mol. The second kappa shape index (κ2) is 9.74. The zero-order chi connectivity index (χ0) is 24.3. The molecule has 34 heavy (non-hydrogen) atoms. The van der Waals surface area contributed by atoms with Gasteiger partial charge in [-0.25, -0.2) is 4.79 Å². The molecule has 0 aromatic heterocycles. The van der Waals surface area contributed by atoms with E-state index in [0.717, 1.165) is 25.0 Å². The van der Waals surface area contributed by atoms with Crippen molar-refractivity contribution < 1.29 is 32.3 Å². The molecule has 180 valence electrons. The number of hydrogen-bond acceptors (Lipinski definition) is 5. The van der Waals surface area contributed by atoms with Crippen molar-refractivity contribution in [3.8, 4) is 0 Å². The SMILES string of the molecule is O=C(OCC(=O)N1CCN(c2cccc(C(F)(F)F)c2)CC1)c1ccc(NC(=O)C2CC2)cc1. The Morgan fingerprint density at radius 3 is 2.26 bits per heavy atom. The molecule has 4 rings (SSSR count). The van der Waals surface area contributed by atoms with Crippen LogP contribution in [0.3, 0.4) is 0 Å². The van der Waals surface area contributed by atoms with Crippen LogP contribution in [0, 0.1) is 5.92 Å². The average Bonchev–Trinajstić information content (AvgIpc) is 3.68. The molecule has 0 unspecified atom stereocenters. The average molecular weight is 475 g/mol. The summed E-state index contributed by atoms with van der Waals surface area (Å²) >= 11 is 0. The number of rotatable bonds is 6. The Bertz CT molecular complexity index is 1060. The van der Waals surface area contributed by atoms with E-state index in [-0.39, 0.29) is 23.3 Å². The zero-order valence-corrected chi connectivity index (χ0v) is 18.3. The van der Waals surface area contributed by atoms with Gasteiger partial charge in [0.05, 0.1) is 11.1 Å². The van der Waals surface area contributed by atoms with Crippen LogP contribution in [0.15, 0.2) is 48.5 Å². The summed E-state index contributed by atoms with van der Waals surface area (Å²) in [4.78, 5) is 39.8. The van der Waals surface area contributed by atoms with E-state index in [4.69, 9.17) is 4.74 Å². The molecule has 10 heteroatoms. The number of esters is 1. The van der Waals surface area contributed by atoms with Gasteiger partial charge in [0.1, 0.15) is 0 Å². The van der Waals surface area contributed by atoms with E-state index in [9.17, 15) is 27.6 Å². The molecule has 1 N–H and O–H groups in total. The van der Waals surface area contributed by atoms with Gasteiger partial charge in [0.15, 0.2) is 6.61 Å². The van der Waals surface area contributed by atoms with Gasteiger partial charge in [0.25, 0.3) is 5.91 Å². The summed E-state index contributed by atoms with van der Waals surface area (Å²) in [6.07, 6.45) is -2.63. The number of hydrogen-bond donors (Lipinski definition) is 1. The number of amides is 2. The largest absolute Gasteiger partial charge is 0.452 e. The zero-order valence-electron chi connectivity index (χ0n) is 18.3. The molecule has 1 aliphatic heterocycles. The topological polar surface area (TPSA) is 79.0 Å². The van der Waals surface area contributed by atoms with Gasteiger partial charge in [-0.2, -0.15) is 13.2 Å². The Morgan fingerprint density at radius 2 is 1.65 bits per heavy atom. The lowest BCUT2D eigenvalue weighted by Crippen LogP contribution is -2.50. The molecule has 1 saturated carbocycles.